The van der Waals surface area contributed by atoms with E-state index in [0.717, 1.165) is 18.8 Å². The number of carbonyl (C=O) groups is 1. The molecule has 1 aliphatic heterocycles. The minimum atomic E-state index is -0.700. The van der Waals surface area contributed by atoms with Crippen LogP contribution >= 0.6 is 11.6 Å². The van der Waals surface area contributed by atoms with Gasteiger partial charge in [-0.3, -0.25) is 9.69 Å². The summed E-state index contributed by atoms with van der Waals surface area (Å²) in [6, 6.07) is 7.23. The van der Waals surface area contributed by atoms with Crippen LogP contribution in [0.15, 0.2) is 24.3 Å². The van der Waals surface area contributed by atoms with E-state index in [1.54, 1.807) is 12.1 Å². The van der Waals surface area contributed by atoms with Crippen LogP contribution in [0.4, 0.5) is 0 Å². The molecule has 1 aromatic carbocycles. The average molecular weight is 284 g/mol. The predicted molar refractivity (Wildman–Crippen MR) is 73.7 cm³/mol. The Kier molecular flexibility index (Phi) is 4.66. The SMILES string of the molecule is C[C@@H]1CN(CCOc2ccc(Cl)cc2)C[C@H]1C(=O)O. The molecule has 1 aliphatic rings. The molecule has 1 aromatic rings. The normalized spacial score (nSPS) is 23.5. The highest BCUT2D eigenvalue weighted by molar-refractivity contribution is 6.30. The molecule has 0 spiro atoms. The number of aliphatic carboxylic acids is 1. The van der Waals surface area contributed by atoms with E-state index in [-0.39, 0.29) is 11.8 Å². The molecule has 0 amide bonds. The Morgan fingerprint density at radius 3 is 2.68 bits per heavy atom. The van der Waals surface area contributed by atoms with Gasteiger partial charge in [-0.15, -0.1) is 0 Å². The van der Waals surface area contributed by atoms with Gasteiger partial charge >= 0.3 is 5.97 Å². The third kappa shape index (κ3) is 3.85. The van der Waals surface area contributed by atoms with Crippen LogP contribution in [0.2, 0.25) is 5.02 Å². The summed E-state index contributed by atoms with van der Waals surface area (Å²) in [7, 11) is 0. The number of ether oxygens (including phenoxy) is 1. The fraction of sp³-hybridized carbons (Fsp3) is 0.500. The van der Waals surface area contributed by atoms with Crippen LogP contribution in [0.25, 0.3) is 0 Å². The lowest BCUT2D eigenvalue weighted by Gasteiger charge is -2.15. The van der Waals surface area contributed by atoms with Crippen LogP contribution < -0.4 is 4.74 Å². The minimum absolute atomic E-state index is 0.202. The third-order valence-electron chi connectivity index (χ3n) is 3.50. The van der Waals surface area contributed by atoms with E-state index in [9.17, 15) is 4.79 Å². The second-order valence-electron chi connectivity index (χ2n) is 4.98. The number of halogens is 1. The Balaban J connectivity index is 1.75. The van der Waals surface area contributed by atoms with Gasteiger partial charge in [0.05, 0.1) is 5.92 Å². The van der Waals surface area contributed by atoms with Crippen molar-refractivity contribution in [2.45, 2.75) is 6.92 Å². The Bertz CT molecular complexity index is 435. The molecule has 0 aromatic heterocycles. The predicted octanol–water partition coefficient (Wildman–Crippen LogP) is 2.37. The molecule has 1 N–H and O–H groups in total. The molecule has 2 rings (SSSR count). The number of rotatable bonds is 5. The summed E-state index contributed by atoms with van der Waals surface area (Å²) in [4.78, 5) is 13.2. The van der Waals surface area contributed by atoms with Crippen molar-refractivity contribution < 1.29 is 14.6 Å². The van der Waals surface area contributed by atoms with Crippen molar-refractivity contribution in [2.75, 3.05) is 26.2 Å². The van der Waals surface area contributed by atoms with E-state index in [4.69, 9.17) is 21.4 Å². The van der Waals surface area contributed by atoms with Crippen molar-refractivity contribution in [3.63, 3.8) is 0 Å². The number of hydrogen-bond acceptors (Lipinski definition) is 3. The first-order valence-corrected chi connectivity index (χ1v) is 6.77. The van der Waals surface area contributed by atoms with Crippen LogP contribution in [-0.4, -0.2) is 42.2 Å². The highest BCUT2D eigenvalue weighted by Gasteiger charge is 2.34. The fourth-order valence-electron chi connectivity index (χ4n) is 2.39. The molecule has 0 unspecified atom stereocenters. The molecule has 104 valence electrons. The number of carboxylic acid groups (broad SMARTS) is 1. The van der Waals surface area contributed by atoms with Crippen LogP contribution in [0, 0.1) is 11.8 Å². The number of nitrogens with zero attached hydrogens (tertiary/aromatic N) is 1. The first-order valence-electron chi connectivity index (χ1n) is 6.40. The van der Waals surface area contributed by atoms with E-state index in [1.807, 2.05) is 19.1 Å². The maximum Gasteiger partial charge on any atom is 0.308 e. The second-order valence-corrected chi connectivity index (χ2v) is 5.42. The number of carboxylic acids is 1. The average Bonchev–Trinajstić information content (AvgIpc) is 2.73. The Morgan fingerprint density at radius 2 is 2.11 bits per heavy atom. The molecule has 0 bridgehead atoms. The maximum atomic E-state index is 11.0. The topological polar surface area (TPSA) is 49.8 Å². The fourth-order valence-corrected chi connectivity index (χ4v) is 2.52. The summed E-state index contributed by atoms with van der Waals surface area (Å²) in [5.41, 5.74) is 0. The van der Waals surface area contributed by atoms with Gasteiger partial charge in [-0.25, -0.2) is 0 Å². The molecule has 2 atom stereocenters. The van der Waals surface area contributed by atoms with E-state index in [0.29, 0.717) is 18.2 Å². The minimum Gasteiger partial charge on any atom is -0.492 e. The molecule has 1 fully saturated rings. The van der Waals surface area contributed by atoms with E-state index in [2.05, 4.69) is 4.90 Å². The van der Waals surface area contributed by atoms with Crippen molar-refractivity contribution in [1.82, 2.24) is 4.90 Å². The van der Waals surface area contributed by atoms with Gasteiger partial charge in [0.25, 0.3) is 0 Å². The highest BCUT2D eigenvalue weighted by atomic mass is 35.5. The molecule has 1 saturated heterocycles. The van der Waals surface area contributed by atoms with E-state index < -0.39 is 5.97 Å². The van der Waals surface area contributed by atoms with Gasteiger partial charge in [-0.05, 0) is 30.2 Å². The molecule has 5 heteroatoms. The molecule has 19 heavy (non-hydrogen) atoms. The van der Waals surface area contributed by atoms with Gasteiger partial charge in [-0.2, -0.15) is 0 Å². The summed E-state index contributed by atoms with van der Waals surface area (Å²) in [6.07, 6.45) is 0. The van der Waals surface area contributed by atoms with Gasteiger partial charge < -0.3 is 9.84 Å². The third-order valence-corrected chi connectivity index (χ3v) is 3.75. The molecule has 0 radical (unpaired) electrons. The number of likely N-dealkylation sites (tertiary alicyclic amines) is 1. The smallest absolute Gasteiger partial charge is 0.308 e. The van der Waals surface area contributed by atoms with Crippen molar-refractivity contribution in [2.24, 2.45) is 11.8 Å². The lowest BCUT2D eigenvalue weighted by molar-refractivity contribution is -0.142. The highest BCUT2D eigenvalue weighted by Crippen LogP contribution is 2.23. The van der Waals surface area contributed by atoms with E-state index >= 15 is 0 Å². The first-order chi connectivity index (χ1) is 9.06. The van der Waals surface area contributed by atoms with Gasteiger partial charge in [-0.1, -0.05) is 18.5 Å². The standard InChI is InChI=1S/C14H18ClNO3/c1-10-8-16(9-13(10)14(17)18)6-7-19-12-4-2-11(15)3-5-12/h2-5,10,13H,6-9H2,1H3,(H,17,18)/t10-,13-/m1/s1. The van der Waals surface area contributed by atoms with Crippen molar-refractivity contribution >= 4 is 17.6 Å². The summed E-state index contributed by atoms with van der Waals surface area (Å²) in [5, 5.41) is 9.75. The number of hydrogen-bond donors (Lipinski definition) is 1. The van der Waals surface area contributed by atoms with Crippen molar-refractivity contribution in [3.8, 4) is 5.75 Å². The molecular formula is C14H18ClNO3. The summed E-state index contributed by atoms with van der Waals surface area (Å²) in [5.74, 6) is 0.0311. The Labute approximate surface area is 117 Å². The van der Waals surface area contributed by atoms with Gasteiger partial charge in [0.15, 0.2) is 0 Å². The zero-order valence-electron chi connectivity index (χ0n) is 10.9. The molecule has 0 aliphatic carbocycles. The Hall–Kier alpha value is -1.26. The lowest BCUT2D eigenvalue weighted by atomic mass is 9.99. The van der Waals surface area contributed by atoms with Crippen molar-refractivity contribution in [3.05, 3.63) is 29.3 Å². The summed E-state index contributed by atoms with van der Waals surface area (Å²) in [6.45, 7) is 4.72. The summed E-state index contributed by atoms with van der Waals surface area (Å²) >= 11 is 5.79. The van der Waals surface area contributed by atoms with Gasteiger partial charge in [0, 0.05) is 24.7 Å². The van der Waals surface area contributed by atoms with Crippen LogP contribution in [0.1, 0.15) is 6.92 Å². The maximum absolute atomic E-state index is 11.0. The zero-order valence-corrected chi connectivity index (χ0v) is 11.6. The first kappa shape index (κ1) is 14.2. The largest absolute Gasteiger partial charge is 0.492 e. The second kappa shape index (κ2) is 6.26. The monoisotopic (exact) mass is 283 g/mol. The molecular weight excluding hydrogens is 266 g/mol. The molecule has 1 heterocycles. The van der Waals surface area contributed by atoms with Crippen LogP contribution in [0.5, 0.6) is 5.75 Å². The number of benzene rings is 1. The molecule has 4 nitrogen and oxygen atoms in total. The lowest BCUT2D eigenvalue weighted by Crippen LogP contribution is -2.27. The molecule has 0 saturated carbocycles. The van der Waals surface area contributed by atoms with Crippen LogP contribution in [0.3, 0.4) is 0 Å². The van der Waals surface area contributed by atoms with Crippen molar-refractivity contribution in [1.29, 1.82) is 0 Å². The van der Waals surface area contributed by atoms with Crippen LogP contribution in [-0.2, 0) is 4.79 Å². The van der Waals surface area contributed by atoms with E-state index in [1.165, 1.54) is 0 Å². The van der Waals surface area contributed by atoms with Gasteiger partial charge in [0.1, 0.15) is 12.4 Å². The summed E-state index contributed by atoms with van der Waals surface area (Å²) < 4.78 is 5.61. The van der Waals surface area contributed by atoms with Gasteiger partial charge in [0.2, 0.25) is 0 Å². The quantitative estimate of drug-likeness (QED) is 0.901. The zero-order chi connectivity index (χ0) is 13.8. The Morgan fingerprint density at radius 1 is 1.42 bits per heavy atom.